The molecule has 9 nitrogen and oxygen atoms in total. The standard InChI is InChI=1S/C21H24FN5O4S/c1-13-19(32(30,31)27-9-5-14(28)6-10-27)11-18(26(13)2)21(29)25-12-15-16(22)3-4-17-20(15)24-8-7-23-17/h3-4,7-8,11,14,28H,5-6,9-10,12H2,1-2H3,(H,25,29). The summed E-state index contributed by atoms with van der Waals surface area (Å²) < 4.78 is 43.4. The van der Waals surface area contributed by atoms with Gasteiger partial charge in [-0.1, -0.05) is 0 Å². The molecule has 4 rings (SSSR count). The molecule has 1 aliphatic heterocycles. The minimum absolute atomic E-state index is 0.0451. The van der Waals surface area contributed by atoms with Crippen LogP contribution in [0.15, 0.2) is 35.5 Å². The highest BCUT2D eigenvalue weighted by Crippen LogP contribution is 2.26. The van der Waals surface area contributed by atoms with Gasteiger partial charge in [0.1, 0.15) is 16.4 Å². The van der Waals surface area contributed by atoms with Gasteiger partial charge in [-0.05, 0) is 38.0 Å². The maximum Gasteiger partial charge on any atom is 0.268 e. The molecule has 3 heterocycles. The number of rotatable bonds is 5. The molecule has 2 N–H and O–H groups in total. The van der Waals surface area contributed by atoms with Gasteiger partial charge < -0.3 is 15.0 Å². The zero-order valence-corrected chi connectivity index (χ0v) is 18.6. The van der Waals surface area contributed by atoms with Crippen LogP contribution in [-0.4, -0.2) is 57.5 Å². The summed E-state index contributed by atoms with van der Waals surface area (Å²) >= 11 is 0. The number of amides is 1. The number of aliphatic hydroxyl groups excluding tert-OH is 1. The van der Waals surface area contributed by atoms with Crippen molar-refractivity contribution in [2.75, 3.05) is 13.1 Å². The molecule has 3 aromatic rings. The number of benzene rings is 1. The van der Waals surface area contributed by atoms with E-state index in [0.717, 1.165) is 0 Å². The van der Waals surface area contributed by atoms with Crippen LogP contribution >= 0.6 is 0 Å². The Morgan fingerprint density at radius 2 is 1.94 bits per heavy atom. The molecule has 0 unspecified atom stereocenters. The predicted octanol–water partition coefficient (Wildman–Crippen LogP) is 1.49. The molecule has 170 valence electrons. The Morgan fingerprint density at radius 3 is 2.66 bits per heavy atom. The van der Waals surface area contributed by atoms with Gasteiger partial charge in [0.05, 0.1) is 17.1 Å². The molecule has 1 amide bonds. The van der Waals surface area contributed by atoms with Gasteiger partial charge in [0.2, 0.25) is 10.0 Å². The van der Waals surface area contributed by atoms with Crippen molar-refractivity contribution in [1.82, 2.24) is 24.2 Å². The quantitative estimate of drug-likeness (QED) is 0.595. The fraction of sp³-hybridized carbons (Fsp3) is 0.381. The highest BCUT2D eigenvalue weighted by molar-refractivity contribution is 7.89. The molecule has 11 heteroatoms. The van der Waals surface area contributed by atoms with E-state index >= 15 is 0 Å². The topological polar surface area (TPSA) is 117 Å². The van der Waals surface area contributed by atoms with Gasteiger partial charge in [0.25, 0.3) is 5.91 Å². The molecule has 0 atom stereocenters. The van der Waals surface area contributed by atoms with Crippen LogP contribution in [0.3, 0.4) is 0 Å². The first kappa shape index (κ1) is 22.3. The first-order valence-corrected chi connectivity index (χ1v) is 11.6. The number of hydrogen-bond donors (Lipinski definition) is 2. The maximum atomic E-state index is 14.4. The third-order valence-corrected chi connectivity index (χ3v) is 7.89. The summed E-state index contributed by atoms with van der Waals surface area (Å²) in [6.45, 7) is 1.95. The van der Waals surface area contributed by atoms with Crippen LogP contribution in [0.4, 0.5) is 4.39 Å². The second kappa shape index (κ2) is 8.57. The van der Waals surface area contributed by atoms with Crippen LogP contribution in [0.5, 0.6) is 0 Å². The fourth-order valence-corrected chi connectivity index (χ4v) is 5.61. The SMILES string of the molecule is Cc1c(S(=O)(=O)N2CCC(O)CC2)cc(C(=O)NCc2c(F)ccc3nccnc23)n1C. The van der Waals surface area contributed by atoms with Gasteiger partial charge in [-0.25, -0.2) is 12.8 Å². The molecular formula is C21H24FN5O4S. The summed E-state index contributed by atoms with van der Waals surface area (Å²) in [6, 6.07) is 4.12. The van der Waals surface area contributed by atoms with E-state index in [4.69, 9.17) is 0 Å². The molecule has 32 heavy (non-hydrogen) atoms. The number of carbonyl (C=O) groups is 1. The van der Waals surface area contributed by atoms with E-state index in [9.17, 15) is 22.7 Å². The van der Waals surface area contributed by atoms with Gasteiger partial charge in [0.15, 0.2) is 0 Å². The number of halogens is 1. The van der Waals surface area contributed by atoms with Crippen molar-refractivity contribution >= 4 is 27.0 Å². The van der Waals surface area contributed by atoms with Crippen molar-refractivity contribution in [2.45, 2.75) is 37.3 Å². The van der Waals surface area contributed by atoms with Crippen molar-refractivity contribution in [1.29, 1.82) is 0 Å². The predicted molar refractivity (Wildman–Crippen MR) is 115 cm³/mol. The molecule has 1 saturated heterocycles. The van der Waals surface area contributed by atoms with Crippen molar-refractivity contribution in [3.8, 4) is 0 Å². The van der Waals surface area contributed by atoms with Crippen LogP contribution < -0.4 is 5.32 Å². The summed E-state index contributed by atoms with van der Waals surface area (Å²) in [4.78, 5) is 21.2. The second-order valence-corrected chi connectivity index (χ2v) is 9.71. The van der Waals surface area contributed by atoms with Gasteiger partial charge in [-0.15, -0.1) is 0 Å². The molecule has 2 aromatic heterocycles. The van der Waals surface area contributed by atoms with Gasteiger partial charge in [-0.3, -0.25) is 14.8 Å². The van der Waals surface area contributed by atoms with Crippen LogP contribution in [0.2, 0.25) is 0 Å². The van der Waals surface area contributed by atoms with Crippen molar-refractivity contribution in [3.63, 3.8) is 0 Å². The van der Waals surface area contributed by atoms with E-state index in [1.165, 1.54) is 39.5 Å². The molecule has 1 aromatic carbocycles. The molecule has 0 radical (unpaired) electrons. The normalized spacial score (nSPS) is 15.9. The summed E-state index contributed by atoms with van der Waals surface area (Å²) in [7, 11) is -2.21. The summed E-state index contributed by atoms with van der Waals surface area (Å²) in [5.74, 6) is -1.05. The Hall–Kier alpha value is -2.89. The lowest BCUT2D eigenvalue weighted by Crippen LogP contribution is -2.40. The smallest absolute Gasteiger partial charge is 0.268 e. The molecule has 0 bridgehead atoms. The number of nitrogens with one attached hydrogen (secondary N) is 1. The van der Waals surface area contributed by atoms with Gasteiger partial charge in [-0.2, -0.15) is 4.31 Å². The van der Waals surface area contributed by atoms with Crippen molar-refractivity contribution in [2.24, 2.45) is 7.05 Å². The second-order valence-electron chi connectivity index (χ2n) is 7.81. The van der Waals surface area contributed by atoms with Gasteiger partial charge >= 0.3 is 0 Å². The maximum absolute atomic E-state index is 14.4. The van der Waals surface area contributed by atoms with Crippen molar-refractivity contribution in [3.05, 3.63) is 53.4 Å². The monoisotopic (exact) mass is 461 g/mol. The highest BCUT2D eigenvalue weighted by atomic mass is 32.2. The largest absolute Gasteiger partial charge is 0.393 e. The Balaban J connectivity index is 1.58. The number of fused-ring (bicyclic) bond motifs is 1. The van der Waals surface area contributed by atoms with E-state index in [1.54, 1.807) is 14.0 Å². The van der Waals surface area contributed by atoms with E-state index < -0.39 is 27.9 Å². The minimum Gasteiger partial charge on any atom is -0.393 e. The number of carbonyl (C=O) groups excluding carboxylic acids is 1. The number of aromatic nitrogens is 3. The average molecular weight is 462 g/mol. The zero-order valence-electron chi connectivity index (χ0n) is 17.7. The molecule has 0 saturated carbocycles. The van der Waals surface area contributed by atoms with Crippen LogP contribution in [-0.2, 0) is 23.6 Å². The summed E-state index contributed by atoms with van der Waals surface area (Å²) in [6.07, 6.45) is 3.19. The Bertz CT molecular complexity index is 1280. The summed E-state index contributed by atoms with van der Waals surface area (Å²) in [5, 5.41) is 12.3. The zero-order chi connectivity index (χ0) is 23.0. The Morgan fingerprint density at radius 1 is 1.25 bits per heavy atom. The average Bonchev–Trinajstić information content (AvgIpc) is 3.08. The lowest BCUT2D eigenvalue weighted by Gasteiger charge is -2.28. The number of sulfonamides is 1. The number of piperidine rings is 1. The van der Waals surface area contributed by atoms with Crippen LogP contribution in [0, 0.1) is 12.7 Å². The van der Waals surface area contributed by atoms with Crippen LogP contribution in [0.1, 0.15) is 34.6 Å². The number of aliphatic hydroxyl groups is 1. The third-order valence-electron chi connectivity index (χ3n) is 5.88. The van der Waals surface area contributed by atoms with E-state index in [0.29, 0.717) is 29.6 Å². The minimum atomic E-state index is -3.81. The van der Waals surface area contributed by atoms with Crippen molar-refractivity contribution < 1.29 is 22.7 Å². The third kappa shape index (κ3) is 3.98. The number of hydrogen-bond acceptors (Lipinski definition) is 6. The molecule has 0 spiro atoms. The van der Waals surface area contributed by atoms with E-state index in [-0.39, 0.29) is 35.8 Å². The molecular weight excluding hydrogens is 437 g/mol. The number of nitrogens with zero attached hydrogens (tertiary/aromatic N) is 4. The molecule has 0 aliphatic carbocycles. The highest BCUT2D eigenvalue weighted by Gasteiger charge is 2.32. The van der Waals surface area contributed by atoms with Crippen LogP contribution in [0.25, 0.3) is 11.0 Å². The fourth-order valence-electron chi connectivity index (χ4n) is 3.87. The first-order valence-electron chi connectivity index (χ1n) is 10.2. The summed E-state index contributed by atoms with van der Waals surface area (Å²) in [5.41, 5.74) is 1.63. The lowest BCUT2D eigenvalue weighted by molar-refractivity contribution is 0.0942. The molecule has 1 fully saturated rings. The van der Waals surface area contributed by atoms with E-state index in [2.05, 4.69) is 15.3 Å². The Kier molecular flexibility index (Phi) is 5.97. The van der Waals surface area contributed by atoms with Gasteiger partial charge in [0, 0.05) is 50.3 Å². The molecule has 1 aliphatic rings. The van der Waals surface area contributed by atoms with E-state index in [1.807, 2.05) is 0 Å². The Labute approximate surface area is 184 Å². The first-order chi connectivity index (χ1) is 15.2. The lowest BCUT2D eigenvalue weighted by atomic mass is 10.1.